The van der Waals surface area contributed by atoms with E-state index >= 15 is 0 Å². The third-order valence-corrected chi connectivity index (χ3v) is 4.44. The molecule has 2 rings (SSSR count). The summed E-state index contributed by atoms with van der Waals surface area (Å²) in [5.41, 5.74) is 2.63. The molecule has 0 fully saturated rings. The normalized spacial score (nSPS) is 12.7. The van der Waals surface area contributed by atoms with E-state index in [2.05, 4.69) is 29.2 Å². The maximum atomic E-state index is 5.81. The minimum atomic E-state index is 0.436. The number of nitrogen functional groups attached to an aromatic ring is 1. The Labute approximate surface area is 129 Å². The molecule has 1 atom stereocenters. The van der Waals surface area contributed by atoms with Gasteiger partial charge in [0.25, 0.3) is 0 Å². The summed E-state index contributed by atoms with van der Waals surface area (Å²) in [6, 6.07) is 1.97. The zero-order valence-electron chi connectivity index (χ0n) is 12.8. The molecule has 0 aliphatic rings. The van der Waals surface area contributed by atoms with Gasteiger partial charge >= 0.3 is 0 Å². The highest BCUT2D eigenvalue weighted by molar-refractivity contribution is 7.16. The molecule has 2 aromatic rings. The van der Waals surface area contributed by atoms with Gasteiger partial charge in [-0.15, -0.1) is 11.3 Å². The molecule has 3 N–H and O–H groups in total. The lowest BCUT2D eigenvalue weighted by Gasteiger charge is -2.14. The summed E-state index contributed by atoms with van der Waals surface area (Å²) in [4.78, 5) is 9.87. The van der Waals surface area contributed by atoms with Crippen molar-refractivity contribution >= 4 is 27.4 Å². The molecule has 6 heteroatoms. The first-order chi connectivity index (χ1) is 10.3. The largest absolute Gasteiger partial charge is 0.373 e. The molecule has 1 unspecified atom stereocenters. The average molecular weight is 308 g/mol. The Balaban J connectivity index is 1.93. The van der Waals surface area contributed by atoms with Gasteiger partial charge in [-0.05, 0) is 23.8 Å². The summed E-state index contributed by atoms with van der Waals surface area (Å²) in [5, 5.41) is 2.95. The van der Waals surface area contributed by atoms with Crippen LogP contribution in [0.3, 0.4) is 0 Å². The van der Waals surface area contributed by atoms with Crippen molar-refractivity contribution < 1.29 is 4.74 Å². The number of ether oxygens (including phenoxy) is 1. The zero-order chi connectivity index (χ0) is 15.1. The maximum absolute atomic E-state index is 5.81. The predicted molar refractivity (Wildman–Crippen MR) is 88.2 cm³/mol. The molecule has 0 bridgehead atoms. The molecular formula is C15H24N4OS. The molecule has 2 heterocycles. The van der Waals surface area contributed by atoms with Crippen molar-refractivity contribution in [2.45, 2.75) is 46.1 Å². The third kappa shape index (κ3) is 4.36. The van der Waals surface area contributed by atoms with E-state index in [-0.39, 0.29) is 0 Å². The van der Waals surface area contributed by atoms with E-state index < -0.39 is 0 Å². The Bertz CT molecular complexity index is 558. The number of anilines is 1. The minimum Gasteiger partial charge on any atom is -0.373 e. The van der Waals surface area contributed by atoms with Gasteiger partial charge in [-0.2, -0.15) is 0 Å². The first-order valence-electron chi connectivity index (χ1n) is 7.56. The summed E-state index contributed by atoms with van der Waals surface area (Å²) in [7, 11) is 0. The number of nitrogens with two attached hydrogens (primary N) is 1. The van der Waals surface area contributed by atoms with Gasteiger partial charge in [-0.25, -0.2) is 15.8 Å². The first kappa shape index (κ1) is 16.1. The third-order valence-electron chi connectivity index (χ3n) is 3.64. The molecule has 0 aliphatic carbocycles. The maximum Gasteiger partial charge on any atom is 0.158 e. The van der Waals surface area contributed by atoms with Gasteiger partial charge in [0.15, 0.2) is 11.6 Å². The molecule has 0 aliphatic heterocycles. The molecule has 0 saturated carbocycles. The highest BCUT2D eigenvalue weighted by atomic mass is 32.1. The van der Waals surface area contributed by atoms with Crippen LogP contribution in [-0.4, -0.2) is 16.6 Å². The van der Waals surface area contributed by atoms with Crippen molar-refractivity contribution in [2.24, 2.45) is 11.8 Å². The Kier molecular flexibility index (Phi) is 6.35. The molecule has 0 radical (unpaired) electrons. The number of unbranched alkanes of at least 4 members (excludes halogenated alkanes) is 1. The molecule has 116 valence electrons. The first-order valence-corrected chi connectivity index (χ1v) is 8.44. The molecule has 21 heavy (non-hydrogen) atoms. The Morgan fingerprint density at radius 2 is 2.24 bits per heavy atom. The summed E-state index contributed by atoms with van der Waals surface area (Å²) in [6.07, 6.45) is 4.88. The smallest absolute Gasteiger partial charge is 0.158 e. The lowest BCUT2D eigenvalue weighted by Crippen LogP contribution is -2.13. The fourth-order valence-corrected chi connectivity index (χ4v) is 3.07. The molecule has 5 nitrogen and oxygen atoms in total. The van der Waals surface area contributed by atoms with Crippen LogP contribution in [0, 0.1) is 5.92 Å². The van der Waals surface area contributed by atoms with E-state index in [9.17, 15) is 0 Å². The van der Waals surface area contributed by atoms with E-state index in [0.29, 0.717) is 24.2 Å². The Hall–Kier alpha value is -1.24. The number of rotatable bonds is 9. The van der Waals surface area contributed by atoms with Gasteiger partial charge in [0, 0.05) is 6.61 Å². The van der Waals surface area contributed by atoms with Crippen molar-refractivity contribution in [3.05, 3.63) is 17.3 Å². The SMILES string of the molecule is CCCCC(CC)COCc1nc(NN)c2ccsc2n1. The lowest BCUT2D eigenvalue weighted by molar-refractivity contribution is 0.0779. The van der Waals surface area contributed by atoms with Crippen LogP contribution in [0.25, 0.3) is 10.2 Å². The number of thiophene rings is 1. The molecule has 0 saturated heterocycles. The summed E-state index contributed by atoms with van der Waals surface area (Å²) in [5.74, 6) is 7.50. The Morgan fingerprint density at radius 3 is 2.95 bits per heavy atom. The number of hydrogen-bond acceptors (Lipinski definition) is 6. The van der Waals surface area contributed by atoms with E-state index in [1.807, 2.05) is 11.4 Å². The average Bonchev–Trinajstić information content (AvgIpc) is 2.98. The monoisotopic (exact) mass is 308 g/mol. The standard InChI is InChI=1S/C15H24N4OS/c1-3-5-6-11(4-2)9-20-10-13-17-14(19-16)12-7-8-21-15(12)18-13/h7-8,11H,3-6,9-10,16H2,1-2H3,(H,17,18,19). The molecular weight excluding hydrogens is 284 g/mol. The van der Waals surface area contributed by atoms with Crippen molar-refractivity contribution in [3.63, 3.8) is 0 Å². The zero-order valence-corrected chi connectivity index (χ0v) is 13.6. The van der Waals surface area contributed by atoms with Gasteiger partial charge in [-0.1, -0.05) is 33.1 Å². The number of fused-ring (bicyclic) bond motifs is 1. The van der Waals surface area contributed by atoms with Gasteiger partial charge < -0.3 is 10.2 Å². The quantitative estimate of drug-likeness (QED) is 0.546. The number of hydrazine groups is 1. The topological polar surface area (TPSA) is 73.1 Å². The lowest BCUT2D eigenvalue weighted by atomic mass is 10.0. The van der Waals surface area contributed by atoms with Crippen molar-refractivity contribution in [2.75, 3.05) is 12.0 Å². The van der Waals surface area contributed by atoms with E-state index in [1.54, 1.807) is 11.3 Å². The van der Waals surface area contributed by atoms with Gasteiger partial charge in [0.05, 0.1) is 5.39 Å². The molecule has 0 amide bonds. The highest BCUT2D eigenvalue weighted by Crippen LogP contribution is 2.24. The van der Waals surface area contributed by atoms with E-state index in [4.69, 9.17) is 10.6 Å². The minimum absolute atomic E-state index is 0.436. The van der Waals surface area contributed by atoms with Crippen molar-refractivity contribution in [3.8, 4) is 0 Å². The van der Waals surface area contributed by atoms with Crippen molar-refractivity contribution in [1.29, 1.82) is 0 Å². The Morgan fingerprint density at radius 1 is 1.38 bits per heavy atom. The highest BCUT2D eigenvalue weighted by Gasteiger charge is 2.10. The predicted octanol–water partition coefficient (Wildman–Crippen LogP) is 3.71. The van der Waals surface area contributed by atoms with Gasteiger partial charge in [0.2, 0.25) is 0 Å². The second kappa shape index (κ2) is 8.26. The van der Waals surface area contributed by atoms with Crippen LogP contribution >= 0.6 is 11.3 Å². The van der Waals surface area contributed by atoms with E-state index in [1.165, 1.54) is 19.3 Å². The van der Waals surface area contributed by atoms with Gasteiger partial charge in [-0.3, -0.25) is 0 Å². The molecule has 2 aromatic heterocycles. The fraction of sp³-hybridized carbons (Fsp3) is 0.600. The fourth-order valence-electron chi connectivity index (χ4n) is 2.29. The molecule has 0 aromatic carbocycles. The van der Waals surface area contributed by atoms with Gasteiger partial charge in [0.1, 0.15) is 11.4 Å². The van der Waals surface area contributed by atoms with Crippen LogP contribution < -0.4 is 11.3 Å². The van der Waals surface area contributed by atoms with Crippen LogP contribution in [0.4, 0.5) is 5.82 Å². The second-order valence-corrected chi connectivity index (χ2v) is 6.10. The van der Waals surface area contributed by atoms with Crippen LogP contribution in [0.5, 0.6) is 0 Å². The van der Waals surface area contributed by atoms with Crippen molar-refractivity contribution in [1.82, 2.24) is 9.97 Å². The number of aromatic nitrogens is 2. The van der Waals surface area contributed by atoms with Crippen LogP contribution in [0.15, 0.2) is 11.4 Å². The second-order valence-electron chi connectivity index (χ2n) is 5.20. The number of nitrogens with zero attached hydrogens (tertiary/aromatic N) is 2. The molecule has 0 spiro atoms. The summed E-state index contributed by atoms with van der Waals surface area (Å²) >= 11 is 1.58. The van der Waals surface area contributed by atoms with Crippen LogP contribution in [-0.2, 0) is 11.3 Å². The van der Waals surface area contributed by atoms with E-state index in [0.717, 1.165) is 23.2 Å². The number of nitrogens with one attached hydrogen (secondary N) is 1. The summed E-state index contributed by atoms with van der Waals surface area (Å²) < 4.78 is 5.81. The summed E-state index contributed by atoms with van der Waals surface area (Å²) in [6.45, 7) is 5.65. The van der Waals surface area contributed by atoms with Crippen LogP contribution in [0.1, 0.15) is 45.4 Å². The number of hydrogen-bond donors (Lipinski definition) is 2. The van der Waals surface area contributed by atoms with Crippen LogP contribution in [0.2, 0.25) is 0 Å².